The number of para-hydroxylation sites is 2. The van der Waals surface area contributed by atoms with Gasteiger partial charge in [0, 0.05) is 33.5 Å². The van der Waals surface area contributed by atoms with Crippen LogP contribution in [-0.2, 0) is 4.79 Å². The monoisotopic (exact) mass is 508 g/mol. The van der Waals surface area contributed by atoms with Crippen molar-refractivity contribution in [3.05, 3.63) is 102 Å². The van der Waals surface area contributed by atoms with Crippen LogP contribution in [0.2, 0.25) is 10.0 Å². The zero-order valence-corrected chi connectivity index (χ0v) is 20.1. The Hall–Kier alpha value is -3.06. The van der Waals surface area contributed by atoms with E-state index >= 15 is 0 Å². The summed E-state index contributed by atoms with van der Waals surface area (Å²) in [7, 11) is 0. The molecule has 0 radical (unpaired) electrons. The molecule has 2 aromatic heterocycles. The highest BCUT2D eigenvalue weighted by Crippen LogP contribution is 2.44. The molecule has 2 atom stereocenters. The van der Waals surface area contributed by atoms with Gasteiger partial charge in [0.25, 0.3) is 0 Å². The summed E-state index contributed by atoms with van der Waals surface area (Å²) < 4.78 is 5.80. The summed E-state index contributed by atoms with van der Waals surface area (Å²) in [5, 5.41) is 9.83. The fourth-order valence-corrected chi connectivity index (χ4v) is 6.20. The van der Waals surface area contributed by atoms with Crippen molar-refractivity contribution in [2.75, 3.05) is 10.6 Å². The van der Waals surface area contributed by atoms with Crippen molar-refractivity contribution in [3.8, 4) is 0 Å². The highest BCUT2D eigenvalue weighted by atomic mass is 35.5. The molecule has 0 bridgehead atoms. The van der Waals surface area contributed by atoms with E-state index in [4.69, 9.17) is 27.6 Å². The van der Waals surface area contributed by atoms with Crippen LogP contribution in [-0.4, -0.2) is 5.78 Å². The highest BCUT2D eigenvalue weighted by Gasteiger charge is 2.37. The van der Waals surface area contributed by atoms with Crippen molar-refractivity contribution < 1.29 is 9.21 Å². The molecule has 1 aliphatic heterocycles. The number of carbonyl (C=O) groups is 1. The third-order valence-electron chi connectivity index (χ3n) is 6.38. The first-order valence-electron chi connectivity index (χ1n) is 10.8. The van der Waals surface area contributed by atoms with Crippen LogP contribution in [0.3, 0.4) is 0 Å². The number of allylic oxidation sites excluding steroid dienone is 1. The normalized spacial score (nSPS) is 19.8. The van der Waals surface area contributed by atoms with Crippen LogP contribution in [0.1, 0.15) is 35.2 Å². The molecule has 0 fully saturated rings. The van der Waals surface area contributed by atoms with Crippen LogP contribution in [0.4, 0.5) is 11.4 Å². The summed E-state index contributed by atoms with van der Waals surface area (Å²) in [4.78, 5) is 28.4. The summed E-state index contributed by atoms with van der Waals surface area (Å²) in [6, 6.07) is 14.2. The predicted octanol–water partition coefficient (Wildman–Crippen LogP) is 7.14. The molecule has 3 heterocycles. The molecule has 2 N–H and O–H groups in total. The number of hydrogen-bond donors (Lipinski definition) is 2. The number of anilines is 2. The molecule has 0 spiro atoms. The van der Waals surface area contributed by atoms with Gasteiger partial charge < -0.3 is 15.1 Å². The lowest BCUT2D eigenvalue weighted by Crippen LogP contribution is -2.29. The molecule has 0 amide bonds. The van der Waals surface area contributed by atoms with Gasteiger partial charge in [-0.15, -0.1) is 11.3 Å². The van der Waals surface area contributed by atoms with E-state index in [1.807, 2.05) is 35.7 Å². The molecule has 34 heavy (non-hydrogen) atoms. The van der Waals surface area contributed by atoms with Crippen LogP contribution in [0.25, 0.3) is 11.0 Å². The fraction of sp³-hybridized carbons (Fsp3) is 0.154. The molecule has 6 rings (SSSR count). The summed E-state index contributed by atoms with van der Waals surface area (Å²) in [6.07, 6.45) is 2.45. The minimum atomic E-state index is -0.679. The fourth-order valence-electron chi connectivity index (χ4n) is 4.83. The molecule has 8 heteroatoms. The number of fused-ring (bicyclic) bond motifs is 2. The molecule has 4 aromatic rings. The number of carbonyl (C=O) groups excluding carboxylic acids is 1. The average molecular weight is 509 g/mol. The number of hydrogen-bond acceptors (Lipinski definition) is 6. The minimum Gasteiger partial charge on any atom is -0.462 e. The molecule has 5 nitrogen and oxygen atoms in total. The second kappa shape index (κ2) is 8.31. The number of rotatable bonds is 2. The topological polar surface area (TPSA) is 71.3 Å². The zero-order valence-electron chi connectivity index (χ0n) is 17.7. The number of Topliss-reactive ketones (excluding diaryl/α,β-unsaturated/α-hetero) is 1. The molecule has 170 valence electrons. The van der Waals surface area contributed by atoms with E-state index in [-0.39, 0.29) is 33.1 Å². The zero-order chi connectivity index (χ0) is 23.4. The lowest BCUT2D eigenvalue weighted by atomic mass is 9.81. The molecule has 0 unspecified atom stereocenters. The Bertz CT molecular complexity index is 1540. The van der Waals surface area contributed by atoms with E-state index in [2.05, 4.69) is 16.7 Å². The van der Waals surface area contributed by atoms with Crippen molar-refractivity contribution in [1.29, 1.82) is 0 Å². The van der Waals surface area contributed by atoms with Crippen molar-refractivity contribution in [2.45, 2.75) is 24.8 Å². The van der Waals surface area contributed by atoms with Crippen LogP contribution in [0.15, 0.2) is 80.7 Å². The molecule has 0 saturated carbocycles. The van der Waals surface area contributed by atoms with Gasteiger partial charge in [-0.1, -0.05) is 41.4 Å². The summed E-state index contributed by atoms with van der Waals surface area (Å²) >= 11 is 14.1. The van der Waals surface area contributed by atoms with E-state index in [1.54, 1.807) is 17.4 Å². The molecular weight excluding hydrogens is 491 g/mol. The number of nitrogens with one attached hydrogen (secondary N) is 2. The Labute approximate surface area is 209 Å². The Morgan fingerprint density at radius 1 is 1.00 bits per heavy atom. The Kier molecular flexibility index (Phi) is 5.25. The number of benzene rings is 2. The molecular formula is C26H18Cl2N2O3S. The minimum absolute atomic E-state index is 0.001000. The Balaban J connectivity index is 1.55. The Morgan fingerprint density at radius 2 is 1.82 bits per heavy atom. The van der Waals surface area contributed by atoms with Crippen LogP contribution in [0, 0.1) is 0 Å². The number of ketones is 1. The third-order valence-corrected chi connectivity index (χ3v) is 7.92. The first-order valence-corrected chi connectivity index (χ1v) is 12.5. The maximum atomic E-state index is 13.6. The SMILES string of the molecule is O=C1C[C@H](c2cccs2)CC2=C1[C@H](c1coc3c(Cl)cc(Cl)cc3c1=O)Nc1ccccc1N2. The summed E-state index contributed by atoms with van der Waals surface area (Å²) in [6.45, 7) is 0. The summed E-state index contributed by atoms with van der Waals surface area (Å²) in [5.41, 5.74) is 3.36. The molecule has 2 aliphatic rings. The van der Waals surface area contributed by atoms with E-state index in [1.165, 1.54) is 17.2 Å². The Morgan fingerprint density at radius 3 is 2.62 bits per heavy atom. The summed E-state index contributed by atoms with van der Waals surface area (Å²) in [5.74, 6) is 0.0939. The van der Waals surface area contributed by atoms with Crippen molar-refractivity contribution in [1.82, 2.24) is 0 Å². The van der Waals surface area contributed by atoms with Gasteiger partial charge in [0.05, 0.1) is 33.4 Å². The third kappa shape index (κ3) is 3.54. The lowest BCUT2D eigenvalue weighted by Gasteiger charge is -2.29. The second-order valence-electron chi connectivity index (χ2n) is 8.47. The quantitative estimate of drug-likeness (QED) is 0.301. The largest absolute Gasteiger partial charge is 0.462 e. The predicted molar refractivity (Wildman–Crippen MR) is 137 cm³/mol. The van der Waals surface area contributed by atoms with E-state index in [0.29, 0.717) is 29.0 Å². The van der Waals surface area contributed by atoms with Gasteiger partial charge in [-0.2, -0.15) is 0 Å². The highest BCUT2D eigenvalue weighted by molar-refractivity contribution is 7.10. The molecule has 2 aromatic carbocycles. The van der Waals surface area contributed by atoms with Gasteiger partial charge in [-0.05, 0) is 42.1 Å². The van der Waals surface area contributed by atoms with Crippen molar-refractivity contribution in [2.24, 2.45) is 0 Å². The second-order valence-corrected chi connectivity index (χ2v) is 10.3. The van der Waals surface area contributed by atoms with Crippen LogP contribution in [0.5, 0.6) is 0 Å². The van der Waals surface area contributed by atoms with Crippen LogP contribution >= 0.6 is 34.5 Å². The van der Waals surface area contributed by atoms with E-state index in [9.17, 15) is 9.59 Å². The van der Waals surface area contributed by atoms with Crippen molar-refractivity contribution >= 4 is 62.7 Å². The van der Waals surface area contributed by atoms with Gasteiger partial charge in [0.1, 0.15) is 6.26 Å². The molecule has 0 saturated heterocycles. The average Bonchev–Trinajstić information content (AvgIpc) is 3.29. The lowest BCUT2D eigenvalue weighted by molar-refractivity contribution is -0.116. The number of thiophene rings is 1. The molecule has 1 aliphatic carbocycles. The first-order chi connectivity index (χ1) is 16.5. The van der Waals surface area contributed by atoms with Gasteiger partial charge in [-0.3, -0.25) is 9.59 Å². The smallest absolute Gasteiger partial charge is 0.198 e. The van der Waals surface area contributed by atoms with Crippen LogP contribution < -0.4 is 16.1 Å². The van der Waals surface area contributed by atoms with Gasteiger partial charge in [0.15, 0.2) is 16.8 Å². The maximum absolute atomic E-state index is 13.6. The van der Waals surface area contributed by atoms with Gasteiger partial charge >= 0.3 is 0 Å². The van der Waals surface area contributed by atoms with Gasteiger partial charge in [0.2, 0.25) is 0 Å². The van der Waals surface area contributed by atoms with E-state index in [0.717, 1.165) is 17.1 Å². The van der Waals surface area contributed by atoms with E-state index < -0.39 is 6.04 Å². The number of halogens is 2. The van der Waals surface area contributed by atoms with Crippen molar-refractivity contribution in [3.63, 3.8) is 0 Å². The standard InChI is InChI=1S/C26H18Cl2N2O3S/c27-14-10-15-25(32)16(12-33-26(15)17(28)11-14)24-23-20(29-18-4-1-2-5-19(18)30-24)8-13(9-21(23)31)22-6-3-7-34-22/h1-7,10-13,24,29-30H,8-9H2/t13-,24+/m1/s1. The first kappa shape index (κ1) is 21.5. The maximum Gasteiger partial charge on any atom is 0.198 e. The van der Waals surface area contributed by atoms with Gasteiger partial charge in [-0.25, -0.2) is 0 Å².